The van der Waals surface area contributed by atoms with E-state index in [1.807, 2.05) is 5.51 Å². The molecule has 0 bridgehead atoms. The van der Waals surface area contributed by atoms with Gasteiger partial charge in [-0.2, -0.15) is 0 Å². The first-order valence-corrected chi connectivity index (χ1v) is 6.12. The predicted octanol–water partition coefficient (Wildman–Crippen LogP) is 4.02. The van der Waals surface area contributed by atoms with Crippen LogP contribution in [0.3, 0.4) is 0 Å². The lowest BCUT2D eigenvalue weighted by molar-refractivity contribution is 1.42. The Morgan fingerprint density at radius 2 is 2.14 bits per heavy atom. The Labute approximate surface area is 89.7 Å². The molecule has 2 heterocycles. The van der Waals surface area contributed by atoms with Crippen LogP contribution in [0.4, 0.5) is 0 Å². The average Bonchev–Trinajstić information content (AvgIpc) is 2.88. The zero-order valence-corrected chi connectivity index (χ0v) is 8.94. The number of aromatic nitrogens is 1. The number of fused-ring (bicyclic) bond motifs is 1. The van der Waals surface area contributed by atoms with E-state index in [9.17, 15) is 0 Å². The highest BCUT2D eigenvalue weighted by Gasteiger charge is 2.05. The van der Waals surface area contributed by atoms with Crippen LogP contribution in [0.2, 0.25) is 0 Å². The third kappa shape index (κ3) is 1.17. The van der Waals surface area contributed by atoms with E-state index in [1.165, 1.54) is 15.6 Å². The Morgan fingerprint density at radius 1 is 1.14 bits per heavy atom. The molecule has 0 N–H and O–H groups in total. The summed E-state index contributed by atoms with van der Waals surface area (Å²) in [5.41, 5.74) is 4.20. The van der Waals surface area contributed by atoms with Crippen LogP contribution in [0, 0.1) is 0 Å². The highest BCUT2D eigenvalue weighted by molar-refractivity contribution is 7.17. The second-order valence-electron chi connectivity index (χ2n) is 3.01. The molecule has 3 aromatic rings. The van der Waals surface area contributed by atoms with Crippen LogP contribution in [0.5, 0.6) is 0 Å². The maximum Gasteiger partial charge on any atom is 0.0817 e. The van der Waals surface area contributed by atoms with E-state index in [2.05, 4.69) is 40.0 Å². The highest BCUT2D eigenvalue weighted by atomic mass is 32.1. The SMILES string of the molecule is c1cc(-c2cscn2)c2ccsc2c1. The maximum atomic E-state index is 4.34. The van der Waals surface area contributed by atoms with Crippen LogP contribution in [0.1, 0.15) is 0 Å². The van der Waals surface area contributed by atoms with Crippen LogP contribution >= 0.6 is 22.7 Å². The minimum Gasteiger partial charge on any atom is -0.245 e. The van der Waals surface area contributed by atoms with Crippen molar-refractivity contribution in [2.75, 3.05) is 0 Å². The first-order valence-electron chi connectivity index (χ1n) is 4.30. The topological polar surface area (TPSA) is 12.9 Å². The molecule has 68 valence electrons. The van der Waals surface area contributed by atoms with Crippen molar-refractivity contribution >= 4 is 32.8 Å². The van der Waals surface area contributed by atoms with E-state index in [0.717, 1.165) is 5.69 Å². The monoisotopic (exact) mass is 217 g/mol. The van der Waals surface area contributed by atoms with E-state index < -0.39 is 0 Å². The lowest BCUT2D eigenvalue weighted by Gasteiger charge is -1.98. The molecule has 0 aliphatic heterocycles. The Balaban J connectivity index is 2.36. The summed E-state index contributed by atoms with van der Waals surface area (Å²) in [6, 6.07) is 8.53. The number of thiophene rings is 1. The van der Waals surface area contributed by atoms with Gasteiger partial charge in [0.25, 0.3) is 0 Å². The van der Waals surface area contributed by atoms with Crippen molar-refractivity contribution in [2.24, 2.45) is 0 Å². The van der Waals surface area contributed by atoms with E-state index in [1.54, 1.807) is 22.7 Å². The van der Waals surface area contributed by atoms with E-state index in [0.29, 0.717) is 0 Å². The van der Waals surface area contributed by atoms with Gasteiger partial charge < -0.3 is 0 Å². The molecule has 3 rings (SSSR count). The molecule has 0 unspecified atom stereocenters. The second kappa shape index (κ2) is 3.19. The minimum absolute atomic E-state index is 1.08. The summed E-state index contributed by atoms with van der Waals surface area (Å²) in [7, 11) is 0. The third-order valence-electron chi connectivity index (χ3n) is 2.20. The smallest absolute Gasteiger partial charge is 0.0817 e. The molecule has 3 heteroatoms. The number of hydrogen-bond acceptors (Lipinski definition) is 3. The Kier molecular flexibility index (Phi) is 1.85. The number of nitrogens with zero attached hydrogens (tertiary/aromatic N) is 1. The lowest BCUT2D eigenvalue weighted by Crippen LogP contribution is -1.76. The molecule has 0 aliphatic rings. The predicted molar refractivity (Wildman–Crippen MR) is 62.9 cm³/mol. The fraction of sp³-hybridized carbons (Fsp3) is 0. The van der Waals surface area contributed by atoms with Crippen molar-refractivity contribution in [3.8, 4) is 11.3 Å². The summed E-state index contributed by atoms with van der Waals surface area (Å²) in [6.07, 6.45) is 0. The summed E-state index contributed by atoms with van der Waals surface area (Å²) in [5, 5.41) is 5.52. The third-order valence-corrected chi connectivity index (χ3v) is 3.67. The molecule has 0 saturated carbocycles. The van der Waals surface area contributed by atoms with Crippen LogP contribution in [0.15, 0.2) is 40.5 Å². The quantitative estimate of drug-likeness (QED) is 0.600. The summed E-state index contributed by atoms with van der Waals surface area (Å²) in [5.74, 6) is 0. The Hall–Kier alpha value is -1.19. The van der Waals surface area contributed by atoms with Crippen molar-refractivity contribution in [2.45, 2.75) is 0 Å². The molecule has 0 amide bonds. The van der Waals surface area contributed by atoms with Crippen molar-refractivity contribution in [3.63, 3.8) is 0 Å². The Bertz CT molecular complexity index is 551. The number of benzene rings is 1. The van der Waals surface area contributed by atoms with Gasteiger partial charge in [0.05, 0.1) is 11.2 Å². The first kappa shape index (κ1) is 8.15. The highest BCUT2D eigenvalue weighted by Crippen LogP contribution is 2.31. The van der Waals surface area contributed by atoms with Crippen molar-refractivity contribution in [3.05, 3.63) is 40.5 Å². The molecule has 0 atom stereocenters. The molecule has 1 aromatic carbocycles. The van der Waals surface area contributed by atoms with E-state index in [-0.39, 0.29) is 0 Å². The molecule has 14 heavy (non-hydrogen) atoms. The van der Waals surface area contributed by atoms with E-state index >= 15 is 0 Å². The lowest BCUT2D eigenvalue weighted by atomic mass is 10.1. The van der Waals surface area contributed by atoms with Crippen LogP contribution < -0.4 is 0 Å². The van der Waals surface area contributed by atoms with Crippen LogP contribution in [0.25, 0.3) is 21.3 Å². The van der Waals surface area contributed by atoms with Gasteiger partial charge in [-0.25, -0.2) is 4.98 Å². The molecule has 0 radical (unpaired) electrons. The maximum absolute atomic E-state index is 4.34. The van der Waals surface area contributed by atoms with Crippen molar-refractivity contribution in [1.29, 1.82) is 0 Å². The zero-order chi connectivity index (χ0) is 9.38. The largest absolute Gasteiger partial charge is 0.245 e. The van der Waals surface area contributed by atoms with Gasteiger partial charge in [0.1, 0.15) is 0 Å². The standard InChI is InChI=1S/C11H7NS2/c1-2-8(10-6-13-7-12-10)9-4-5-14-11(9)3-1/h1-7H. The van der Waals surface area contributed by atoms with Gasteiger partial charge in [0.15, 0.2) is 0 Å². The fourth-order valence-electron chi connectivity index (χ4n) is 1.56. The molecular weight excluding hydrogens is 210 g/mol. The number of thiazole rings is 1. The molecule has 0 saturated heterocycles. The molecule has 0 spiro atoms. The van der Waals surface area contributed by atoms with Gasteiger partial charge in [-0.15, -0.1) is 22.7 Å². The van der Waals surface area contributed by atoms with Gasteiger partial charge in [0.2, 0.25) is 0 Å². The summed E-state index contributed by atoms with van der Waals surface area (Å²) >= 11 is 3.41. The van der Waals surface area contributed by atoms with Gasteiger partial charge in [-0.05, 0) is 17.5 Å². The molecule has 0 fully saturated rings. The number of hydrogen-bond donors (Lipinski definition) is 0. The molecule has 0 aliphatic carbocycles. The normalized spacial score (nSPS) is 10.9. The van der Waals surface area contributed by atoms with Crippen LogP contribution in [-0.2, 0) is 0 Å². The Morgan fingerprint density at radius 3 is 3.00 bits per heavy atom. The summed E-state index contributed by atoms with van der Waals surface area (Å²) in [6.45, 7) is 0. The summed E-state index contributed by atoms with van der Waals surface area (Å²) in [4.78, 5) is 4.34. The number of rotatable bonds is 1. The summed E-state index contributed by atoms with van der Waals surface area (Å²) < 4.78 is 1.33. The minimum atomic E-state index is 1.08. The zero-order valence-electron chi connectivity index (χ0n) is 7.31. The van der Waals surface area contributed by atoms with Crippen molar-refractivity contribution < 1.29 is 0 Å². The van der Waals surface area contributed by atoms with Gasteiger partial charge in [0, 0.05) is 21.0 Å². The van der Waals surface area contributed by atoms with Crippen LogP contribution in [-0.4, -0.2) is 4.98 Å². The molecule has 1 nitrogen and oxygen atoms in total. The van der Waals surface area contributed by atoms with Gasteiger partial charge in [-0.1, -0.05) is 12.1 Å². The second-order valence-corrected chi connectivity index (χ2v) is 4.68. The average molecular weight is 217 g/mol. The van der Waals surface area contributed by atoms with Gasteiger partial charge >= 0.3 is 0 Å². The van der Waals surface area contributed by atoms with E-state index in [4.69, 9.17) is 0 Å². The van der Waals surface area contributed by atoms with Crippen molar-refractivity contribution in [1.82, 2.24) is 4.98 Å². The fourth-order valence-corrected chi connectivity index (χ4v) is 2.93. The molecule has 2 aromatic heterocycles. The first-order chi connectivity index (χ1) is 6.95. The van der Waals surface area contributed by atoms with Gasteiger partial charge in [-0.3, -0.25) is 0 Å². The molecular formula is C11H7NS2.